The van der Waals surface area contributed by atoms with E-state index in [0.717, 1.165) is 18.4 Å². The van der Waals surface area contributed by atoms with E-state index in [-0.39, 0.29) is 12.5 Å². The van der Waals surface area contributed by atoms with Crippen LogP contribution in [0.15, 0.2) is 29.2 Å². The van der Waals surface area contributed by atoms with Crippen molar-refractivity contribution in [3.05, 3.63) is 29.8 Å². The molecule has 1 N–H and O–H groups in total. The Bertz CT molecular complexity index is 426. The van der Waals surface area contributed by atoms with E-state index in [4.69, 9.17) is 0 Å². The number of hydrogen-bond donors (Lipinski definition) is 1. The molecule has 1 saturated carbocycles. The molecule has 0 radical (unpaired) electrons. The van der Waals surface area contributed by atoms with Crippen molar-refractivity contribution in [1.82, 2.24) is 4.90 Å². The van der Waals surface area contributed by atoms with Crippen molar-refractivity contribution >= 4 is 17.7 Å². The van der Waals surface area contributed by atoms with Crippen LogP contribution in [0.4, 0.5) is 0 Å². The minimum Gasteiger partial charge on any atom is -0.395 e. The number of thioether (sulfide) groups is 1. The van der Waals surface area contributed by atoms with Crippen molar-refractivity contribution in [1.29, 1.82) is 0 Å². The molecule has 0 aliphatic heterocycles. The van der Waals surface area contributed by atoms with Gasteiger partial charge in [0.15, 0.2) is 0 Å². The van der Waals surface area contributed by atoms with Gasteiger partial charge in [-0.15, -0.1) is 11.8 Å². The summed E-state index contributed by atoms with van der Waals surface area (Å²) in [6, 6.07) is 8.23. The Kier molecular flexibility index (Phi) is 3.97. The Morgan fingerprint density at radius 1 is 1.39 bits per heavy atom. The fourth-order valence-electron chi connectivity index (χ4n) is 2.07. The van der Waals surface area contributed by atoms with Gasteiger partial charge in [0.1, 0.15) is 0 Å². The van der Waals surface area contributed by atoms with Crippen LogP contribution < -0.4 is 0 Å². The van der Waals surface area contributed by atoms with E-state index in [2.05, 4.69) is 12.1 Å². The molecular weight excluding hydrogens is 246 g/mol. The van der Waals surface area contributed by atoms with Crippen molar-refractivity contribution in [3.8, 4) is 0 Å². The van der Waals surface area contributed by atoms with Crippen molar-refractivity contribution in [2.75, 3.05) is 19.9 Å². The number of carbonyl (C=O) groups is 1. The average Bonchev–Trinajstić information content (AvgIpc) is 3.19. The van der Waals surface area contributed by atoms with Gasteiger partial charge in [-0.3, -0.25) is 4.79 Å². The zero-order chi connectivity index (χ0) is 13.2. The van der Waals surface area contributed by atoms with Crippen molar-refractivity contribution < 1.29 is 9.90 Å². The molecule has 1 amide bonds. The molecule has 0 bridgehead atoms. The highest BCUT2D eigenvalue weighted by Gasteiger charge is 2.50. The SMILES string of the molecule is CSc1ccc(CN(C)C(=O)C2(CO)CC2)cc1. The van der Waals surface area contributed by atoms with E-state index < -0.39 is 5.41 Å². The predicted octanol–water partition coefficient (Wildman–Crippen LogP) is 2.14. The van der Waals surface area contributed by atoms with Crippen LogP contribution in [0.3, 0.4) is 0 Å². The molecule has 18 heavy (non-hydrogen) atoms. The van der Waals surface area contributed by atoms with Gasteiger partial charge in [-0.1, -0.05) is 12.1 Å². The molecular formula is C14H19NO2S. The van der Waals surface area contributed by atoms with E-state index in [1.807, 2.05) is 18.4 Å². The standard InChI is InChI=1S/C14H19NO2S/c1-15(13(17)14(10-16)7-8-14)9-11-3-5-12(18-2)6-4-11/h3-6,16H,7-10H2,1-2H3. The van der Waals surface area contributed by atoms with Gasteiger partial charge in [-0.05, 0) is 36.8 Å². The fraction of sp³-hybridized carbons (Fsp3) is 0.500. The summed E-state index contributed by atoms with van der Waals surface area (Å²) in [5.74, 6) is 0.0685. The number of hydrogen-bond acceptors (Lipinski definition) is 3. The molecule has 1 aromatic rings. The summed E-state index contributed by atoms with van der Waals surface area (Å²) >= 11 is 1.71. The lowest BCUT2D eigenvalue weighted by Crippen LogP contribution is -2.35. The van der Waals surface area contributed by atoms with Crippen LogP contribution in [0.1, 0.15) is 18.4 Å². The van der Waals surface area contributed by atoms with Gasteiger partial charge in [0.05, 0.1) is 12.0 Å². The second-order valence-corrected chi connectivity index (χ2v) is 5.83. The Labute approximate surface area is 112 Å². The molecule has 0 saturated heterocycles. The van der Waals surface area contributed by atoms with Crippen molar-refractivity contribution in [2.24, 2.45) is 5.41 Å². The van der Waals surface area contributed by atoms with Crippen LogP contribution in [-0.2, 0) is 11.3 Å². The molecule has 0 unspecified atom stereocenters. The normalized spacial score (nSPS) is 16.4. The Morgan fingerprint density at radius 2 is 2.00 bits per heavy atom. The lowest BCUT2D eigenvalue weighted by atomic mass is 10.1. The van der Waals surface area contributed by atoms with Crippen LogP contribution in [0, 0.1) is 5.41 Å². The van der Waals surface area contributed by atoms with Gasteiger partial charge in [-0.25, -0.2) is 0 Å². The number of aliphatic hydroxyl groups excluding tert-OH is 1. The van der Waals surface area contributed by atoms with Gasteiger partial charge in [-0.2, -0.15) is 0 Å². The second-order valence-electron chi connectivity index (χ2n) is 4.95. The quantitative estimate of drug-likeness (QED) is 0.829. The van der Waals surface area contributed by atoms with Crippen LogP contribution >= 0.6 is 11.8 Å². The largest absolute Gasteiger partial charge is 0.395 e. The summed E-state index contributed by atoms with van der Waals surface area (Å²) in [6.45, 7) is 0.580. The molecule has 1 aliphatic rings. The van der Waals surface area contributed by atoms with Gasteiger partial charge in [0.2, 0.25) is 5.91 Å². The maximum Gasteiger partial charge on any atom is 0.231 e. The van der Waals surface area contributed by atoms with E-state index in [1.165, 1.54) is 4.90 Å². The highest BCUT2D eigenvalue weighted by atomic mass is 32.2. The molecule has 0 heterocycles. The zero-order valence-electron chi connectivity index (χ0n) is 10.8. The molecule has 3 nitrogen and oxygen atoms in total. The molecule has 1 fully saturated rings. The maximum absolute atomic E-state index is 12.1. The Balaban J connectivity index is 1.98. The van der Waals surface area contributed by atoms with E-state index in [9.17, 15) is 9.90 Å². The first-order valence-corrected chi connectivity index (χ1v) is 7.33. The van der Waals surface area contributed by atoms with Gasteiger partial charge < -0.3 is 10.0 Å². The summed E-state index contributed by atoms with van der Waals surface area (Å²) in [4.78, 5) is 15.1. The van der Waals surface area contributed by atoms with Crippen LogP contribution in [0.25, 0.3) is 0 Å². The molecule has 0 atom stereocenters. The molecule has 98 valence electrons. The van der Waals surface area contributed by atoms with E-state index in [0.29, 0.717) is 6.54 Å². The van der Waals surface area contributed by atoms with E-state index in [1.54, 1.807) is 23.7 Å². The lowest BCUT2D eigenvalue weighted by molar-refractivity contribution is -0.137. The first-order chi connectivity index (χ1) is 8.61. The Hall–Kier alpha value is -1.00. The van der Waals surface area contributed by atoms with Crippen LogP contribution in [0.5, 0.6) is 0 Å². The zero-order valence-corrected chi connectivity index (χ0v) is 11.7. The highest BCUT2D eigenvalue weighted by Crippen LogP contribution is 2.46. The van der Waals surface area contributed by atoms with Crippen molar-refractivity contribution in [2.45, 2.75) is 24.3 Å². The molecule has 2 rings (SSSR count). The Morgan fingerprint density at radius 3 is 2.44 bits per heavy atom. The summed E-state index contributed by atoms with van der Waals surface area (Å²) in [5.41, 5.74) is 0.658. The first-order valence-electron chi connectivity index (χ1n) is 6.11. The summed E-state index contributed by atoms with van der Waals surface area (Å²) in [6.07, 6.45) is 3.68. The van der Waals surface area contributed by atoms with Gasteiger partial charge >= 0.3 is 0 Å². The van der Waals surface area contributed by atoms with Crippen molar-refractivity contribution in [3.63, 3.8) is 0 Å². The van der Waals surface area contributed by atoms with Crippen LogP contribution in [0.2, 0.25) is 0 Å². The predicted molar refractivity (Wildman–Crippen MR) is 73.4 cm³/mol. The summed E-state index contributed by atoms with van der Waals surface area (Å²) < 4.78 is 0. The van der Waals surface area contributed by atoms with Gasteiger partial charge in [0, 0.05) is 18.5 Å². The number of aliphatic hydroxyl groups is 1. The smallest absolute Gasteiger partial charge is 0.231 e. The van der Waals surface area contributed by atoms with Gasteiger partial charge in [0.25, 0.3) is 0 Å². The number of carbonyl (C=O) groups excluding carboxylic acids is 1. The number of benzene rings is 1. The summed E-state index contributed by atoms with van der Waals surface area (Å²) in [5, 5.41) is 9.26. The minimum absolute atomic E-state index is 0.0262. The van der Waals surface area contributed by atoms with Crippen LogP contribution in [-0.4, -0.2) is 35.8 Å². The third-order valence-corrected chi connectivity index (χ3v) is 4.28. The van der Waals surface area contributed by atoms with E-state index >= 15 is 0 Å². The fourth-order valence-corrected chi connectivity index (χ4v) is 2.48. The molecule has 0 aromatic heterocycles. The molecule has 1 aromatic carbocycles. The topological polar surface area (TPSA) is 40.5 Å². The highest BCUT2D eigenvalue weighted by molar-refractivity contribution is 7.98. The molecule has 0 spiro atoms. The number of amides is 1. The monoisotopic (exact) mass is 265 g/mol. The number of nitrogens with zero attached hydrogens (tertiary/aromatic N) is 1. The second kappa shape index (κ2) is 5.33. The lowest BCUT2D eigenvalue weighted by Gasteiger charge is -2.22. The average molecular weight is 265 g/mol. The minimum atomic E-state index is -0.464. The molecule has 1 aliphatic carbocycles. The first kappa shape index (κ1) is 13.4. The summed E-state index contributed by atoms with van der Waals surface area (Å²) in [7, 11) is 1.81. The third kappa shape index (κ3) is 2.70. The molecule has 4 heteroatoms. The third-order valence-electron chi connectivity index (χ3n) is 3.54. The number of rotatable bonds is 5. The maximum atomic E-state index is 12.1.